The Balaban J connectivity index is 2.07. The molecule has 1 unspecified atom stereocenters. The molecule has 0 spiro atoms. The average molecular weight is 283 g/mol. The Morgan fingerprint density at radius 1 is 1.29 bits per heavy atom. The van der Waals surface area contributed by atoms with E-state index >= 15 is 0 Å². The van der Waals surface area contributed by atoms with Crippen molar-refractivity contribution >= 4 is 11.6 Å². The van der Waals surface area contributed by atoms with Gasteiger partial charge in [0.05, 0.1) is 0 Å². The highest BCUT2D eigenvalue weighted by molar-refractivity contribution is 6.12. The Hall–Kier alpha value is -1.87. The molecule has 0 bridgehead atoms. The van der Waals surface area contributed by atoms with Crippen molar-refractivity contribution in [3.63, 3.8) is 0 Å². The molecule has 1 aromatic rings. The van der Waals surface area contributed by atoms with Crippen LogP contribution < -0.4 is 4.90 Å². The molecule has 0 saturated heterocycles. The minimum atomic E-state index is -1.16. The fourth-order valence-corrected chi connectivity index (χ4v) is 3.30. The van der Waals surface area contributed by atoms with Crippen LogP contribution in [0.2, 0.25) is 0 Å². The number of hydrogen-bond donors (Lipinski definition) is 1. The molecule has 0 saturated carbocycles. The van der Waals surface area contributed by atoms with Crippen LogP contribution in [0.4, 0.5) is 5.69 Å². The maximum absolute atomic E-state index is 12.8. The number of hydrogen-bond acceptors (Lipinski definition) is 2. The molecule has 1 aromatic carbocycles. The van der Waals surface area contributed by atoms with Gasteiger partial charge in [-0.2, -0.15) is 0 Å². The zero-order valence-corrected chi connectivity index (χ0v) is 12.4. The van der Waals surface area contributed by atoms with Crippen molar-refractivity contribution in [3.8, 4) is 0 Å². The molecule has 1 aliphatic heterocycles. The van der Waals surface area contributed by atoms with E-state index in [1.54, 1.807) is 4.90 Å². The number of para-hydroxylation sites is 1. The number of carbonyl (C=O) groups excluding carboxylic acids is 1. The monoisotopic (exact) mass is 283 g/mol. The zero-order valence-electron chi connectivity index (χ0n) is 12.4. The van der Waals surface area contributed by atoms with E-state index in [1.165, 1.54) is 0 Å². The molecule has 3 nitrogen and oxygen atoms in total. The van der Waals surface area contributed by atoms with Crippen molar-refractivity contribution in [3.05, 3.63) is 53.6 Å². The molecule has 110 valence electrons. The van der Waals surface area contributed by atoms with Crippen LogP contribution in [0, 0.1) is 0 Å². The third-order valence-electron chi connectivity index (χ3n) is 4.35. The van der Waals surface area contributed by atoms with Crippen molar-refractivity contribution in [2.45, 2.75) is 44.8 Å². The molecule has 3 rings (SSSR count). The van der Waals surface area contributed by atoms with Gasteiger partial charge in [-0.1, -0.05) is 43.7 Å². The lowest BCUT2D eigenvalue weighted by Gasteiger charge is -2.36. The van der Waals surface area contributed by atoms with Crippen LogP contribution in [0.3, 0.4) is 0 Å². The van der Waals surface area contributed by atoms with Crippen molar-refractivity contribution in [2.75, 3.05) is 4.90 Å². The fraction of sp³-hybridized carbons (Fsp3) is 0.389. The first-order valence-electron chi connectivity index (χ1n) is 7.70. The lowest BCUT2D eigenvalue weighted by atomic mass is 9.89. The summed E-state index contributed by atoms with van der Waals surface area (Å²) in [4.78, 5) is 14.4. The summed E-state index contributed by atoms with van der Waals surface area (Å²) in [6.07, 6.45) is 8.04. The molecular weight excluding hydrogens is 262 g/mol. The van der Waals surface area contributed by atoms with Crippen molar-refractivity contribution in [1.29, 1.82) is 0 Å². The summed E-state index contributed by atoms with van der Waals surface area (Å²) >= 11 is 0. The number of carbonyl (C=O) groups is 1. The molecule has 0 radical (unpaired) electrons. The Labute approximate surface area is 125 Å². The molecule has 0 fully saturated rings. The number of allylic oxidation sites excluding steroid dienone is 1. The Bertz CT molecular complexity index is 603. The second-order valence-electron chi connectivity index (χ2n) is 5.73. The van der Waals surface area contributed by atoms with E-state index in [9.17, 15) is 9.90 Å². The number of rotatable bonds is 4. The van der Waals surface area contributed by atoms with Crippen LogP contribution >= 0.6 is 0 Å². The summed E-state index contributed by atoms with van der Waals surface area (Å²) in [7, 11) is 0. The van der Waals surface area contributed by atoms with Crippen LogP contribution in [0.5, 0.6) is 0 Å². The molecule has 1 amide bonds. The van der Waals surface area contributed by atoms with E-state index in [2.05, 4.69) is 6.92 Å². The molecular formula is C18H21NO2. The largest absolute Gasteiger partial charge is 0.367 e. The normalized spacial score (nSPS) is 24.7. The second-order valence-corrected chi connectivity index (χ2v) is 5.73. The van der Waals surface area contributed by atoms with E-state index in [4.69, 9.17) is 0 Å². The van der Waals surface area contributed by atoms with Crippen molar-refractivity contribution < 1.29 is 9.90 Å². The van der Waals surface area contributed by atoms with Crippen LogP contribution in [0.25, 0.3) is 0 Å². The maximum Gasteiger partial charge on any atom is 0.260 e. The quantitative estimate of drug-likeness (QED) is 0.918. The lowest BCUT2D eigenvalue weighted by molar-refractivity contribution is -0.116. The summed E-state index contributed by atoms with van der Waals surface area (Å²) in [6, 6.07) is 9.49. The van der Waals surface area contributed by atoms with E-state index < -0.39 is 5.72 Å². The van der Waals surface area contributed by atoms with Gasteiger partial charge < -0.3 is 5.11 Å². The zero-order chi connectivity index (χ0) is 14.9. The predicted molar refractivity (Wildman–Crippen MR) is 83.8 cm³/mol. The first-order valence-corrected chi connectivity index (χ1v) is 7.70. The van der Waals surface area contributed by atoms with Gasteiger partial charge in [-0.05, 0) is 43.4 Å². The summed E-state index contributed by atoms with van der Waals surface area (Å²) in [5.74, 6) is -0.0780. The second kappa shape index (κ2) is 5.49. The highest BCUT2D eigenvalue weighted by Crippen LogP contribution is 2.44. The van der Waals surface area contributed by atoms with Crippen LogP contribution in [-0.2, 0) is 4.79 Å². The third-order valence-corrected chi connectivity index (χ3v) is 4.35. The van der Waals surface area contributed by atoms with Gasteiger partial charge in [0.25, 0.3) is 5.91 Å². The standard InChI is InChI=1S/C18H21NO2/c1-2-3-13-18(21)16-12-8-7-11-15(16)17(20)19(18)14-9-5-4-6-10-14/h4-7,9-11,21H,2-3,8,12-13H2,1H3. The smallest absolute Gasteiger partial charge is 0.260 e. The third kappa shape index (κ3) is 2.22. The number of anilines is 1. The Morgan fingerprint density at radius 3 is 2.76 bits per heavy atom. The highest BCUT2D eigenvalue weighted by Gasteiger charge is 2.49. The van der Waals surface area contributed by atoms with E-state index in [0.29, 0.717) is 12.0 Å². The maximum atomic E-state index is 12.8. The molecule has 21 heavy (non-hydrogen) atoms. The molecule has 2 aliphatic rings. The first kappa shape index (κ1) is 14.1. The topological polar surface area (TPSA) is 40.5 Å². The average Bonchev–Trinajstić information content (AvgIpc) is 2.75. The van der Waals surface area contributed by atoms with Crippen molar-refractivity contribution in [1.82, 2.24) is 0 Å². The van der Waals surface area contributed by atoms with Gasteiger partial charge in [0, 0.05) is 11.3 Å². The molecule has 0 aromatic heterocycles. The lowest BCUT2D eigenvalue weighted by Crippen LogP contribution is -2.48. The predicted octanol–water partition coefficient (Wildman–Crippen LogP) is 3.56. The van der Waals surface area contributed by atoms with Gasteiger partial charge in [-0.3, -0.25) is 9.69 Å². The van der Waals surface area contributed by atoms with Crippen LogP contribution in [0.15, 0.2) is 53.6 Å². The minimum Gasteiger partial charge on any atom is -0.367 e. The summed E-state index contributed by atoms with van der Waals surface area (Å²) in [6.45, 7) is 2.10. The van der Waals surface area contributed by atoms with Crippen molar-refractivity contribution in [2.24, 2.45) is 0 Å². The van der Waals surface area contributed by atoms with Gasteiger partial charge in [-0.15, -0.1) is 0 Å². The number of amides is 1. The highest BCUT2D eigenvalue weighted by atomic mass is 16.3. The van der Waals surface area contributed by atoms with E-state index in [0.717, 1.165) is 36.9 Å². The summed E-state index contributed by atoms with van der Waals surface area (Å²) in [5.41, 5.74) is 1.19. The molecule has 1 atom stereocenters. The van der Waals surface area contributed by atoms with Crippen LogP contribution in [0.1, 0.15) is 39.0 Å². The Morgan fingerprint density at radius 2 is 2.05 bits per heavy atom. The fourth-order valence-electron chi connectivity index (χ4n) is 3.30. The van der Waals surface area contributed by atoms with Gasteiger partial charge in [-0.25, -0.2) is 0 Å². The van der Waals surface area contributed by atoms with Gasteiger partial charge in [0.15, 0.2) is 5.72 Å². The van der Waals surface area contributed by atoms with Gasteiger partial charge in [0.2, 0.25) is 0 Å². The molecule has 1 N–H and O–H groups in total. The van der Waals surface area contributed by atoms with Crippen LogP contribution in [-0.4, -0.2) is 16.7 Å². The Kier molecular flexibility index (Phi) is 3.68. The summed E-state index contributed by atoms with van der Waals surface area (Å²) in [5, 5.41) is 11.3. The number of aliphatic hydroxyl groups is 1. The SMILES string of the molecule is CCCCC1(O)C2=C(C=CCC2)C(=O)N1c1ccccc1. The molecule has 3 heteroatoms. The van der Waals surface area contributed by atoms with Gasteiger partial charge in [0.1, 0.15) is 0 Å². The summed E-state index contributed by atoms with van der Waals surface area (Å²) < 4.78 is 0. The molecule has 1 heterocycles. The number of nitrogens with zero attached hydrogens (tertiary/aromatic N) is 1. The van der Waals surface area contributed by atoms with E-state index in [-0.39, 0.29) is 5.91 Å². The molecule has 1 aliphatic carbocycles. The number of benzene rings is 1. The van der Waals surface area contributed by atoms with E-state index in [1.807, 2.05) is 42.5 Å². The minimum absolute atomic E-state index is 0.0780. The number of unbranched alkanes of at least 4 members (excludes halogenated alkanes) is 1. The van der Waals surface area contributed by atoms with Gasteiger partial charge >= 0.3 is 0 Å². The first-order chi connectivity index (χ1) is 10.2.